The fourth-order valence-corrected chi connectivity index (χ4v) is 1.79. The van der Waals surface area contributed by atoms with Crippen LogP contribution in [0.1, 0.15) is 12.5 Å². The van der Waals surface area contributed by atoms with Crippen molar-refractivity contribution in [1.29, 1.82) is 0 Å². The molecule has 4 heteroatoms. The van der Waals surface area contributed by atoms with Crippen molar-refractivity contribution >= 4 is 11.5 Å². The number of aromatic nitrogens is 1. The smallest absolute Gasteiger partial charge is 0.149 e. The number of aliphatic hydroxyl groups is 1. The summed E-state index contributed by atoms with van der Waals surface area (Å²) in [5.74, 6) is 0.581. The summed E-state index contributed by atoms with van der Waals surface area (Å²) >= 11 is 0. The zero-order valence-electron chi connectivity index (χ0n) is 10.3. The molecule has 1 aromatic heterocycles. The molecule has 0 radical (unpaired) electrons. The van der Waals surface area contributed by atoms with E-state index in [9.17, 15) is 5.11 Å². The number of nitrogens with one attached hydrogen (secondary N) is 1. The molecule has 0 amide bonds. The number of nitrogen functional groups attached to an aromatic ring is 1. The topological polar surface area (TPSA) is 71.2 Å². The van der Waals surface area contributed by atoms with Crippen molar-refractivity contribution in [2.24, 2.45) is 0 Å². The molecule has 0 saturated heterocycles. The molecule has 94 valence electrons. The normalized spacial score (nSPS) is 13.9. The molecule has 0 saturated carbocycles. The zero-order chi connectivity index (χ0) is 13.0. The van der Waals surface area contributed by atoms with Gasteiger partial charge in [0.15, 0.2) is 0 Å². The van der Waals surface area contributed by atoms with E-state index in [1.54, 1.807) is 18.3 Å². The number of pyridine rings is 1. The number of nitrogens with zero attached hydrogens (tertiary/aromatic N) is 1. The maximum absolute atomic E-state index is 9.66. The van der Waals surface area contributed by atoms with Gasteiger partial charge in [-0.3, -0.25) is 0 Å². The summed E-state index contributed by atoms with van der Waals surface area (Å²) < 4.78 is 0. The van der Waals surface area contributed by atoms with Gasteiger partial charge in [-0.1, -0.05) is 30.3 Å². The quantitative estimate of drug-likeness (QED) is 0.768. The molecule has 0 aliphatic rings. The highest BCUT2D eigenvalue weighted by molar-refractivity contribution is 5.62. The number of rotatable bonds is 4. The minimum atomic E-state index is -0.607. The Morgan fingerprint density at radius 1 is 1.22 bits per heavy atom. The molecule has 2 rings (SSSR count). The highest BCUT2D eigenvalue weighted by Gasteiger charge is 2.26. The first-order chi connectivity index (χ1) is 8.65. The molecule has 0 aliphatic carbocycles. The fourth-order valence-electron chi connectivity index (χ4n) is 1.79. The van der Waals surface area contributed by atoms with Crippen molar-refractivity contribution < 1.29 is 5.11 Å². The van der Waals surface area contributed by atoms with E-state index >= 15 is 0 Å². The molecule has 0 bridgehead atoms. The summed E-state index contributed by atoms with van der Waals surface area (Å²) in [5, 5.41) is 12.9. The predicted octanol–water partition coefficient (Wildman–Crippen LogP) is 1.98. The minimum absolute atomic E-state index is 0.0486. The summed E-state index contributed by atoms with van der Waals surface area (Å²) in [4.78, 5) is 4.19. The molecular weight excluding hydrogens is 226 g/mol. The van der Waals surface area contributed by atoms with Crippen LogP contribution in [-0.4, -0.2) is 16.7 Å². The van der Waals surface area contributed by atoms with E-state index < -0.39 is 5.54 Å². The monoisotopic (exact) mass is 243 g/mol. The van der Waals surface area contributed by atoms with Gasteiger partial charge in [-0.05, 0) is 24.6 Å². The molecule has 4 nitrogen and oxygen atoms in total. The van der Waals surface area contributed by atoms with Gasteiger partial charge in [0.1, 0.15) is 5.82 Å². The lowest BCUT2D eigenvalue weighted by Crippen LogP contribution is -2.36. The van der Waals surface area contributed by atoms with Crippen LogP contribution < -0.4 is 11.1 Å². The van der Waals surface area contributed by atoms with E-state index in [0.29, 0.717) is 11.5 Å². The summed E-state index contributed by atoms with van der Waals surface area (Å²) in [7, 11) is 0. The van der Waals surface area contributed by atoms with Gasteiger partial charge < -0.3 is 16.2 Å². The number of nitrogens with two attached hydrogens (primary N) is 1. The van der Waals surface area contributed by atoms with E-state index in [1.807, 2.05) is 37.3 Å². The Morgan fingerprint density at radius 3 is 2.56 bits per heavy atom. The molecule has 1 unspecified atom stereocenters. The van der Waals surface area contributed by atoms with Crippen molar-refractivity contribution in [3.05, 3.63) is 54.2 Å². The van der Waals surface area contributed by atoms with Gasteiger partial charge in [0.05, 0.1) is 17.8 Å². The van der Waals surface area contributed by atoms with E-state index in [4.69, 9.17) is 5.73 Å². The summed E-state index contributed by atoms with van der Waals surface area (Å²) in [6, 6.07) is 13.3. The average molecular weight is 243 g/mol. The molecule has 0 spiro atoms. The number of hydrogen-bond acceptors (Lipinski definition) is 4. The molecule has 1 heterocycles. The third-order valence-corrected chi connectivity index (χ3v) is 2.96. The average Bonchev–Trinajstić information content (AvgIpc) is 2.42. The van der Waals surface area contributed by atoms with Crippen LogP contribution in [-0.2, 0) is 5.54 Å². The lowest BCUT2D eigenvalue weighted by Gasteiger charge is -2.30. The van der Waals surface area contributed by atoms with Crippen LogP contribution in [0.2, 0.25) is 0 Å². The summed E-state index contributed by atoms with van der Waals surface area (Å²) in [6.45, 7) is 1.86. The van der Waals surface area contributed by atoms with Gasteiger partial charge in [0.25, 0.3) is 0 Å². The standard InChI is InChI=1S/C14H17N3O/c1-14(10-18,11-6-3-2-4-7-11)17-13-12(15)8-5-9-16-13/h2-9,18H,10,15H2,1H3,(H,16,17). The van der Waals surface area contributed by atoms with Crippen LogP contribution in [0.15, 0.2) is 48.7 Å². The van der Waals surface area contributed by atoms with Crippen LogP contribution in [0.3, 0.4) is 0 Å². The highest BCUT2D eigenvalue weighted by atomic mass is 16.3. The maximum atomic E-state index is 9.66. The second-order valence-electron chi connectivity index (χ2n) is 4.42. The van der Waals surface area contributed by atoms with Crippen LogP contribution in [0.5, 0.6) is 0 Å². The van der Waals surface area contributed by atoms with Gasteiger partial charge in [0, 0.05) is 6.20 Å². The first-order valence-corrected chi connectivity index (χ1v) is 5.81. The lowest BCUT2D eigenvalue weighted by molar-refractivity contribution is 0.224. The van der Waals surface area contributed by atoms with Crippen molar-refractivity contribution in [3.63, 3.8) is 0 Å². The van der Waals surface area contributed by atoms with Crippen LogP contribution >= 0.6 is 0 Å². The molecule has 1 aromatic carbocycles. The number of anilines is 2. The number of hydrogen-bond donors (Lipinski definition) is 3. The van der Waals surface area contributed by atoms with Crippen molar-refractivity contribution in [3.8, 4) is 0 Å². The zero-order valence-corrected chi connectivity index (χ0v) is 10.3. The van der Waals surface area contributed by atoms with E-state index in [2.05, 4.69) is 10.3 Å². The Labute approximate surface area is 106 Å². The molecule has 4 N–H and O–H groups in total. The van der Waals surface area contributed by atoms with Gasteiger partial charge in [-0.2, -0.15) is 0 Å². The molecular formula is C14H17N3O. The van der Waals surface area contributed by atoms with Gasteiger partial charge >= 0.3 is 0 Å². The fraction of sp³-hybridized carbons (Fsp3) is 0.214. The van der Waals surface area contributed by atoms with E-state index in [1.165, 1.54) is 0 Å². The Balaban J connectivity index is 2.32. The Morgan fingerprint density at radius 2 is 1.94 bits per heavy atom. The lowest BCUT2D eigenvalue weighted by atomic mass is 9.93. The van der Waals surface area contributed by atoms with Crippen molar-refractivity contribution in [2.45, 2.75) is 12.5 Å². The highest BCUT2D eigenvalue weighted by Crippen LogP contribution is 2.27. The maximum Gasteiger partial charge on any atom is 0.149 e. The Hall–Kier alpha value is -2.07. The molecule has 2 aromatic rings. The summed E-state index contributed by atoms with van der Waals surface area (Å²) in [5.41, 5.74) is 6.79. The van der Waals surface area contributed by atoms with E-state index in [-0.39, 0.29) is 6.61 Å². The molecule has 18 heavy (non-hydrogen) atoms. The first kappa shape index (κ1) is 12.4. The summed E-state index contributed by atoms with van der Waals surface area (Å²) in [6.07, 6.45) is 1.67. The Kier molecular flexibility index (Phi) is 3.48. The largest absolute Gasteiger partial charge is 0.396 e. The van der Waals surface area contributed by atoms with Crippen LogP contribution in [0, 0.1) is 0 Å². The molecule has 0 fully saturated rings. The van der Waals surface area contributed by atoms with Gasteiger partial charge in [0.2, 0.25) is 0 Å². The van der Waals surface area contributed by atoms with Gasteiger partial charge in [-0.25, -0.2) is 4.98 Å². The van der Waals surface area contributed by atoms with Crippen molar-refractivity contribution in [1.82, 2.24) is 4.98 Å². The molecule has 1 atom stereocenters. The van der Waals surface area contributed by atoms with E-state index in [0.717, 1.165) is 5.56 Å². The predicted molar refractivity (Wildman–Crippen MR) is 73.2 cm³/mol. The van der Waals surface area contributed by atoms with Crippen molar-refractivity contribution in [2.75, 3.05) is 17.7 Å². The first-order valence-electron chi connectivity index (χ1n) is 5.81. The SMILES string of the molecule is CC(CO)(Nc1ncccc1N)c1ccccc1. The minimum Gasteiger partial charge on any atom is -0.396 e. The van der Waals surface area contributed by atoms with Crippen LogP contribution in [0.25, 0.3) is 0 Å². The second kappa shape index (κ2) is 5.06. The second-order valence-corrected chi connectivity index (χ2v) is 4.42. The van der Waals surface area contributed by atoms with Crippen LogP contribution in [0.4, 0.5) is 11.5 Å². The molecule has 0 aliphatic heterocycles. The number of aliphatic hydroxyl groups excluding tert-OH is 1. The van der Waals surface area contributed by atoms with Gasteiger partial charge in [-0.15, -0.1) is 0 Å². The third kappa shape index (κ3) is 2.43. The third-order valence-electron chi connectivity index (χ3n) is 2.96. The number of benzene rings is 1. The Bertz CT molecular complexity index is 515.